The van der Waals surface area contributed by atoms with Crippen molar-refractivity contribution in [1.82, 2.24) is 0 Å². The maximum absolute atomic E-state index is 11.9. The summed E-state index contributed by atoms with van der Waals surface area (Å²) < 4.78 is 35.6. The van der Waals surface area contributed by atoms with Crippen molar-refractivity contribution in [1.29, 1.82) is 0 Å². The lowest BCUT2D eigenvalue weighted by Crippen LogP contribution is -3.22. The molecule has 0 aliphatic rings. The topological polar surface area (TPSA) is 21.5 Å². The van der Waals surface area contributed by atoms with E-state index in [1.165, 1.54) is 7.05 Å². The Morgan fingerprint density at radius 1 is 1.23 bits per heavy atom. The van der Waals surface area contributed by atoms with Crippen molar-refractivity contribution in [3.63, 3.8) is 0 Å². The maximum Gasteiger partial charge on any atom is 0.507 e. The molecule has 1 amide bonds. The zero-order valence-corrected chi connectivity index (χ0v) is 11.1. The van der Waals surface area contributed by atoms with Crippen LogP contribution in [0.25, 0.3) is 0 Å². The Bertz CT molecular complexity index is 189. The van der Waals surface area contributed by atoms with E-state index >= 15 is 0 Å². The van der Waals surface area contributed by atoms with Gasteiger partial charge in [0.2, 0.25) is 0 Å². The van der Waals surface area contributed by atoms with Gasteiger partial charge in [-0.2, -0.15) is 13.2 Å². The third-order valence-electron chi connectivity index (χ3n) is 1.72. The summed E-state index contributed by atoms with van der Waals surface area (Å²) in [6.45, 7) is 5.14. The highest BCUT2D eigenvalue weighted by Gasteiger charge is 2.49. The van der Waals surface area contributed by atoms with Gasteiger partial charge in [0.1, 0.15) is 0 Å². The second kappa shape index (κ2) is 4.74. The molecule has 1 N–H and O–H groups in total. The van der Waals surface area contributed by atoms with Crippen LogP contribution in [-0.4, -0.2) is 27.4 Å². The Morgan fingerprint density at radius 2 is 1.54 bits per heavy atom. The van der Waals surface area contributed by atoms with Crippen molar-refractivity contribution in [2.45, 2.75) is 25.8 Å². The van der Waals surface area contributed by atoms with Crippen LogP contribution in [0.5, 0.6) is 0 Å². The van der Waals surface area contributed by atoms with E-state index < -0.39 is 20.3 Å². The Kier molecular flexibility index (Phi) is 5.76. The third kappa shape index (κ3) is 4.96. The van der Waals surface area contributed by atoms with Gasteiger partial charge in [0, 0.05) is 0 Å². The fraction of sp³-hybridized carbons (Fsp3) is 0.833. The largest absolute Gasteiger partial charge is 1.00 e. The first-order valence-corrected chi connectivity index (χ1v) is 7.02. The average molecular weight is 327 g/mol. The molecule has 1 atom stereocenters. The predicted octanol–water partition coefficient (Wildman–Crippen LogP) is -2.57. The maximum atomic E-state index is 11.9. The van der Waals surface area contributed by atoms with Crippen molar-refractivity contribution >= 4 is 14.1 Å². The van der Waals surface area contributed by atoms with Crippen molar-refractivity contribution in [3.05, 3.63) is 0 Å². The number of carbonyl (C=O) groups is 1. The summed E-state index contributed by atoms with van der Waals surface area (Å²) in [6, 6.07) is 0. The van der Waals surface area contributed by atoms with Crippen molar-refractivity contribution in [2.24, 2.45) is 0 Å². The van der Waals surface area contributed by atoms with Crippen LogP contribution in [0.15, 0.2) is 0 Å². The second-order valence-corrected chi connectivity index (χ2v) is 8.95. The second-order valence-electron chi connectivity index (χ2n) is 3.70. The van der Waals surface area contributed by atoms with Crippen LogP contribution >= 0.6 is 0 Å². The number of rotatable bonds is 1. The summed E-state index contributed by atoms with van der Waals surface area (Å²) in [5, 5.41) is 0. The number of alkyl halides is 3. The van der Waals surface area contributed by atoms with E-state index in [9.17, 15) is 18.0 Å². The summed E-state index contributed by atoms with van der Waals surface area (Å²) in [4.78, 5) is 10.7. The van der Waals surface area contributed by atoms with Crippen LogP contribution in [0, 0.1) is 0 Å². The van der Waals surface area contributed by atoms with Gasteiger partial charge < -0.3 is 28.5 Å². The summed E-state index contributed by atoms with van der Waals surface area (Å²) in [5.74, 6) is -1.67. The number of carbonyl (C=O) groups excluding carboxylic acids is 1. The number of quaternary nitrogens is 1. The molecular weight excluding hydrogens is 314 g/mol. The van der Waals surface area contributed by atoms with Gasteiger partial charge in [0.05, 0.1) is 7.05 Å². The van der Waals surface area contributed by atoms with Crippen LogP contribution in [0.4, 0.5) is 13.2 Å². The molecule has 13 heavy (non-hydrogen) atoms. The highest BCUT2D eigenvalue weighted by molar-refractivity contribution is 6.68. The minimum Gasteiger partial charge on any atom is -1.00 e. The van der Waals surface area contributed by atoms with E-state index in [4.69, 9.17) is 0 Å². The van der Waals surface area contributed by atoms with Crippen molar-refractivity contribution < 1.29 is 46.5 Å². The van der Waals surface area contributed by atoms with E-state index in [0.29, 0.717) is 0 Å². The SMILES string of the molecule is C[NH+](C(=O)C(F)(F)F)[Si](C)(C)C.[I-]. The Hall–Kier alpha value is 0.367. The molecule has 0 aliphatic heterocycles. The zero-order valence-electron chi connectivity index (χ0n) is 7.92. The molecule has 7 heteroatoms. The number of halogens is 4. The molecule has 2 nitrogen and oxygen atoms in total. The van der Waals surface area contributed by atoms with Gasteiger partial charge in [-0.05, 0) is 19.6 Å². The standard InChI is InChI=1S/C6H12F3NOSi.HI/c1-10(12(2,3)4)5(11)6(7,8)9;/h1-4H3;1H. The Balaban J connectivity index is 0. The molecule has 0 heterocycles. The molecule has 0 saturated heterocycles. The first-order chi connectivity index (χ1) is 5.07. The van der Waals surface area contributed by atoms with Crippen LogP contribution in [0.2, 0.25) is 19.6 Å². The van der Waals surface area contributed by atoms with Crippen molar-refractivity contribution in [3.8, 4) is 0 Å². The minimum absolute atomic E-state index is 0. The van der Waals surface area contributed by atoms with Crippen molar-refractivity contribution in [2.75, 3.05) is 7.05 Å². The molecule has 0 aromatic carbocycles. The van der Waals surface area contributed by atoms with Gasteiger partial charge in [0.25, 0.3) is 8.24 Å². The molecule has 0 aliphatic carbocycles. The van der Waals surface area contributed by atoms with Crippen LogP contribution in [0.1, 0.15) is 0 Å². The first-order valence-electron chi connectivity index (χ1n) is 3.52. The lowest BCUT2D eigenvalue weighted by molar-refractivity contribution is -0.695. The number of nitrogens with one attached hydrogen (secondary N) is 1. The van der Waals surface area contributed by atoms with Gasteiger partial charge in [0.15, 0.2) is 0 Å². The molecular formula is C6H13F3INOSi. The molecule has 80 valence electrons. The van der Waals surface area contributed by atoms with Crippen LogP contribution < -0.4 is 28.5 Å². The number of hydrogen-bond acceptors (Lipinski definition) is 1. The van der Waals surface area contributed by atoms with Gasteiger partial charge in [-0.3, -0.25) is 0 Å². The molecule has 0 aromatic rings. The lowest BCUT2D eigenvalue weighted by Gasteiger charge is -2.23. The molecule has 1 unspecified atom stereocenters. The highest BCUT2D eigenvalue weighted by atomic mass is 127. The normalized spacial score (nSPS) is 14.7. The summed E-state index contributed by atoms with van der Waals surface area (Å²) in [6.07, 6.45) is -4.70. The van der Waals surface area contributed by atoms with E-state index in [-0.39, 0.29) is 28.5 Å². The quantitative estimate of drug-likeness (QED) is 0.415. The molecule has 0 fully saturated rings. The van der Waals surface area contributed by atoms with Gasteiger partial charge in [-0.25, -0.2) is 4.79 Å². The lowest BCUT2D eigenvalue weighted by atomic mass is 10.6. The predicted molar refractivity (Wildman–Crippen MR) is 41.3 cm³/mol. The number of hydrogen-bond donors (Lipinski definition) is 1. The van der Waals surface area contributed by atoms with E-state index in [1.54, 1.807) is 19.6 Å². The third-order valence-corrected chi connectivity index (χ3v) is 4.20. The van der Waals surface area contributed by atoms with E-state index in [2.05, 4.69) is 0 Å². The van der Waals surface area contributed by atoms with Gasteiger partial charge in [-0.15, -0.1) is 0 Å². The van der Waals surface area contributed by atoms with Gasteiger partial charge >= 0.3 is 12.1 Å². The fourth-order valence-corrected chi connectivity index (χ4v) is 1.38. The number of amides is 1. The Labute approximate surface area is 93.6 Å². The monoisotopic (exact) mass is 327 g/mol. The Morgan fingerprint density at radius 3 is 1.62 bits per heavy atom. The minimum atomic E-state index is -4.70. The summed E-state index contributed by atoms with van der Waals surface area (Å²) >= 11 is 0. The average Bonchev–Trinajstić information content (AvgIpc) is 1.80. The fourth-order valence-electron chi connectivity index (χ4n) is 0.553. The van der Waals surface area contributed by atoms with Crippen LogP contribution in [-0.2, 0) is 4.79 Å². The molecule has 0 bridgehead atoms. The smallest absolute Gasteiger partial charge is 0.507 e. The summed E-state index contributed by atoms with van der Waals surface area (Å²) in [5.41, 5.74) is 0. The van der Waals surface area contributed by atoms with Crippen LogP contribution in [0.3, 0.4) is 0 Å². The molecule has 0 aromatic heterocycles. The first kappa shape index (κ1) is 15.8. The van der Waals surface area contributed by atoms with E-state index in [0.717, 1.165) is 0 Å². The zero-order chi connectivity index (χ0) is 10.2. The van der Waals surface area contributed by atoms with E-state index in [1.807, 2.05) is 0 Å². The molecule has 0 rings (SSSR count). The van der Waals surface area contributed by atoms with Gasteiger partial charge in [-0.1, -0.05) is 0 Å². The molecule has 0 saturated carbocycles. The summed E-state index contributed by atoms with van der Waals surface area (Å²) in [7, 11) is -0.807. The molecule has 0 spiro atoms. The molecule has 0 radical (unpaired) electrons. The highest BCUT2D eigenvalue weighted by Crippen LogP contribution is 2.12.